The summed E-state index contributed by atoms with van der Waals surface area (Å²) in [6.07, 6.45) is 0.836. The van der Waals surface area contributed by atoms with Gasteiger partial charge in [-0.2, -0.15) is 5.26 Å². The zero-order valence-electron chi connectivity index (χ0n) is 4.85. The van der Waals surface area contributed by atoms with E-state index >= 15 is 0 Å². The normalized spacial score (nSPS) is 19.6. The Morgan fingerprint density at radius 2 is 2.44 bits per heavy atom. The van der Waals surface area contributed by atoms with Gasteiger partial charge in [0.1, 0.15) is 0 Å². The minimum atomic E-state index is 0.469. The molecule has 0 amide bonds. The van der Waals surface area contributed by atoms with Crippen LogP contribution in [0.1, 0.15) is 6.42 Å². The van der Waals surface area contributed by atoms with E-state index in [4.69, 9.17) is 10.00 Å². The Hall–Kier alpha value is -0.330. The van der Waals surface area contributed by atoms with E-state index < -0.39 is 0 Å². The van der Waals surface area contributed by atoms with Crippen LogP contribution < -0.4 is 0 Å². The first-order valence-electron chi connectivity index (χ1n) is 2.70. The van der Waals surface area contributed by atoms with E-state index in [-0.39, 0.29) is 0 Å². The molecule has 0 spiro atoms. The molecule has 0 aromatic heterocycles. The van der Waals surface area contributed by atoms with Crippen molar-refractivity contribution in [1.82, 2.24) is 0 Å². The summed E-state index contributed by atoms with van der Waals surface area (Å²) >= 11 is 3.29. The van der Waals surface area contributed by atoms with Crippen LogP contribution in [-0.4, -0.2) is 13.2 Å². The Balaban J connectivity index is 2.74. The third-order valence-corrected chi connectivity index (χ3v) is 2.05. The van der Waals surface area contributed by atoms with Crippen molar-refractivity contribution in [2.24, 2.45) is 0 Å². The molecule has 0 unspecified atom stereocenters. The molecule has 0 aromatic carbocycles. The van der Waals surface area contributed by atoms with Gasteiger partial charge in [-0.15, -0.1) is 0 Å². The molecule has 0 atom stereocenters. The lowest BCUT2D eigenvalue weighted by atomic mass is 10.2. The second-order valence-corrected chi connectivity index (χ2v) is 2.76. The maximum atomic E-state index is 8.44. The molecule has 0 aromatic rings. The van der Waals surface area contributed by atoms with Gasteiger partial charge < -0.3 is 4.74 Å². The summed E-state index contributed by atoms with van der Waals surface area (Å²) in [5.74, 6) is 0. The largest absolute Gasteiger partial charge is 0.376 e. The van der Waals surface area contributed by atoms with Gasteiger partial charge in [0.05, 0.1) is 24.9 Å². The van der Waals surface area contributed by atoms with Crippen LogP contribution in [0.4, 0.5) is 0 Å². The summed E-state index contributed by atoms with van der Waals surface area (Å²) in [7, 11) is 0. The Morgan fingerprint density at radius 1 is 1.67 bits per heavy atom. The minimum Gasteiger partial charge on any atom is -0.376 e. The van der Waals surface area contributed by atoms with Crippen LogP contribution in [0.2, 0.25) is 0 Å². The predicted octanol–water partition coefficient (Wildman–Crippen LogP) is 1.58. The van der Waals surface area contributed by atoms with Crippen LogP contribution in [0, 0.1) is 11.3 Å². The Kier molecular flexibility index (Phi) is 2.26. The van der Waals surface area contributed by atoms with Crippen LogP contribution >= 0.6 is 15.9 Å². The van der Waals surface area contributed by atoms with Gasteiger partial charge in [-0.05, 0) is 0 Å². The van der Waals surface area contributed by atoms with E-state index in [1.54, 1.807) is 0 Å². The van der Waals surface area contributed by atoms with Crippen molar-refractivity contribution in [2.45, 2.75) is 6.42 Å². The first kappa shape index (κ1) is 6.79. The van der Waals surface area contributed by atoms with Crippen molar-refractivity contribution < 1.29 is 4.74 Å². The molecular weight excluding hydrogens is 182 g/mol. The fourth-order valence-electron chi connectivity index (χ4n) is 0.658. The van der Waals surface area contributed by atoms with Gasteiger partial charge in [-0.3, -0.25) is 0 Å². The third-order valence-electron chi connectivity index (χ3n) is 1.17. The zero-order valence-corrected chi connectivity index (χ0v) is 6.44. The summed E-state index contributed by atoms with van der Waals surface area (Å²) in [5.41, 5.74) is 0.723. The molecule has 1 rings (SSSR count). The molecule has 1 heterocycles. The first-order valence-corrected chi connectivity index (χ1v) is 3.49. The quantitative estimate of drug-likeness (QED) is 0.578. The summed E-state index contributed by atoms with van der Waals surface area (Å²) in [5, 5.41) is 8.44. The van der Waals surface area contributed by atoms with Gasteiger partial charge in [0.15, 0.2) is 0 Å². The van der Waals surface area contributed by atoms with Gasteiger partial charge in [-0.25, -0.2) is 0 Å². The van der Waals surface area contributed by atoms with Crippen molar-refractivity contribution >= 4 is 15.9 Å². The van der Waals surface area contributed by atoms with Gasteiger partial charge in [-0.1, -0.05) is 15.9 Å². The number of halogens is 1. The van der Waals surface area contributed by atoms with Gasteiger partial charge in [0.2, 0.25) is 0 Å². The van der Waals surface area contributed by atoms with Crippen LogP contribution in [0.15, 0.2) is 10.1 Å². The minimum absolute atomic E-state index is 0.469. The molecule has 0 fully saturated rings. The number of rotatable bonds is 0. The number of hydrogen-bond donors (Lipinski definition) is 0. The Labute approximate surface area is 62.2 Å². The highest BCUT2D eigenvalue weighted by Crippen LogP contribution is 2.19. The van der Waals surface area contributed by atoms with Crippen molar-refractivity contribution in [3.63, 3.8) is 0 Å². The smallest absolute Gasteiger partial charge is 0.0980 e. The molecule has 0 bridgehead atoms. The van der Waals surface area contributed by atoms with Crippen molar-refractivity contribution in [3.8, 4) is 6.07 Å². The lowest BCUT2D eigenvalue weighted by molar-refractivity contribution is 0.152. The van der Waals surface area contributed by atoms with Crippen molar-refractivity contribution in [3.05, 3.63) is 10.1 Å². The van der Waals surface area contributed by atoms with Gasteiger partial charge in [0.25, 0.3) is 0 Å². The lowest BCUT2D eigenvalue weighted by Gasteiger charge is -2.10. The van der Waals surface area contributed by atoms with Gasteiger partial charge in [0, 0.05) is 10.9 Å². The molecule has 3 heteroatoms. The molecule has 0 N–H and O–H groups in total. The predicted molar refractivity (Wildman–Crippen MR) is 37.0 cm³/mol. The molecule has 0 saturated carbocycles. The zero-order chi connectivity index (χ0) is 6.69. The number of ether oxygens (including phenoxy) is 1. The molecule has 0 aliphatic carbocycles. The summed E-state index contributed by atoms with van der Waals surface area (Å²) in [4.78, 5) is 0. The summed E-state index contributed by atoms with van der Waals surface area (Å²) < 4.78 is 6.03. The topological polar surface area (TPSA) is 33.0 Å². The second-order valence-electron chi connectivity index (χ2n) is 1.80. The van der Waals surface area contributed by atoms with E-state index in [1.807, 2.05) is 0 Å². The fourth-order valence-corrected chi connectivity index (χ4v) is 1.02. The standard InChI is InChI=1S/C6H6BrNO/c7-6-1-2-9-4-5(6)3-8/h1-2,4H2. The average molecular weight is 188 g/mol. The summed E-state index contributed by atoms with van der Waals surface area (Å²) in [6.45, 7) is 1.20. The Morgan fingerprint density at radius 3 is 2.89 bits per heavy atom. The number of nitriles is 1. The maximum Gasteiger partial charge on any atom is 0.0980 e. The maximum absolute atomic E-state index is 8.44. The molecule has 1 aliphatic rings. The van der Waals surface area contributed by atoms with Crippen LogP contribution in [0.5, 0.6) is 0 Å². The third kappa shape index (κ3) is 1.54. The highest BCUT2D eigenvalue weighted by Gasteiger charge is 2.08. The van der Waals surface area contributed by atoms with Crippen LogP contribution in [-0.2, 0) is 4.74 Å². The van der Waals surface area contributed by atoms with E-state index in [0.29, 0.717) is 6.61 Å². The summed E-state index contributed by atoms with van der Waals surface area (Å²) in [6, 6.07) is 2.06. The average Bonchev–Trinajstić information content (AvgIpc) is 1.89. The fraction of sp³-hybridized carbons (Fsp3) is 0.500. The van der Waals surface area contributed by atoms with E-state index in [2.05, 4.69) is 22.0 Å². The van der Waals surface area contributed by atoms with E-state index in [9.17, 15) is 0 Å². The molecule has 0 saturated heterocycles. The Bertz CT molecular complexity index is 180. The SMILES string of the molecule is N#CC1=C(Br)CCOC1. The monoisotopic (exact) mass is 187 g/mol. The number of nitrogens with zero attached hydrogens (tertiary/aromatic N) is 1. The molecule has 1 aliphatic heterocycles. The molecule has 9 heavy (non-hydrogen) atoms. The van der Waals surface area contributed by atoms with Crippen LogP contribution in [0.3, 0.4) is 0 Å². The molecular formula is C6H6BrNO. The van der Waals surface area contributed by atoms with E-state index in [0.717, 1.165) is 23.1 Å². The molecule has 48 valence electrons. The highest BCUT2D eigenvalue weighted by molar-refractivity contribution is 9.11. The van der Waals surface area contributed by atoms with Crippen molar-refractivity contribution in [2.75, 3.05) is 13.2 Å². The number of hydrogen-bond acceptors (Lipinski definition) is 2. The van der Waals surface area contributed by atoms with E-state index in [1.165, 1.54) is 0 Å². The first-order chi connectivity index (χ1) is 4.34. The van der Waals surface area contributed by atoms with Crippen LogP contribution in [0.25, 0.3) is 0 Å². The van der Waals surface area contributed by atoms with Crippen molar-refractivity contribution in [1.29, 1.82) is 5.26 Å². The second kappa shape index (κ2) is 3.00. The molecule has 0 radical (unpaired) electrons. The van der Waals surface area contributed by atoms with Gasteiger partial charge >= 0.3 is 0 Å². The lowest BCUT2D eigenvalue weighted by Crippen LogP contribution is -2.06. The molecule has 2 nitrogen and oxygen atoms in total. The highest BCUT2D eigenvalue weighted by atomic mass is 79.9.